The summed E-state index contributed by atoms with van der Waals surface area (Å²) in [5.41, 5.74) is 1.08. The maximum Gasteiger partial charge on any atom is 0.261 e. The lowest BCUT2D eigenvalue weighted by Gasteiger charge is -2.34. The van der Waals surface area contributed by atoms with Gasteiger partial charge in [-0.1, -0.05) is 0 Å². The van der Waals surface area contributed by atoms with Gasteiger partial charge in [-0.15, -0.1) is 11.3 Å². The fourth-order valence-corrected chi connectivity index (χ4v) is 3.24. The summed E-state index contributed by atoms with van der Waals surface area (Å²) in [4.78, 5) is 15.4. The average Bonchev–Trinajstić information content (AvgIpc) is 2.76. The van der Waals surface area contributed by atoms with Gasteiger partial charge in [-0.2, -0.15) is 0 Å². The van der Waals surface area contributed by atoms with Crippen LogP contribution in [0.25, 0.3) is 0 Å². The van der Waals surface area contributed by atoms with Crippen molar-refractivity contribution in [2.24, 2.45) is 0 Å². The maximum absolute atomic E-state index is 12.1. The zero-order valence-electron chi connectivity index (χ0n) is 11.4. The molecular weight excluding hydrogens is 244 g/mol. The Kier molecular flexibility index (Phi) is 4.40. The van der Waals surface area contributed by atoms with Crippen LogP contribution in [0.1, 0.15) is 41.9 Å². The van der Waals surface area contributed by atoms with E-state index in [9.17, 15) is 4.79 Å². The number of hydrogen-bond donors (Lipinski definition) is 1. The van der Waals surface area contributed by atoms with E-state index in [2.05, 4.69) is 24.1 Å². The van der Waals surface area contributed by atoms with Crippen LogP contribution in [0.3, 0.4) is 0 Å². The normalized spacial score (nSPS) is 18.2. The van der Waals surface area contributed by atoms with Crippen molar-refractivity contribution in [2.75, 3.05) is 13.1 Å². The van der Waals surface area contributed by atoms with Crippen molar-refractivity contribution in [1.82, 2.24) is 10.2 Å². The largest absolute Gasteiger partial charge is 0.349 e. The third-order valence-electron chi connectivity index (χ3n) is 3.66. The molecule has 1 saturated heterocycles. The van der Waals surface area contributed by atoms with Gasteiger partial charge >= 0.3 is 0 Å². The Morgan fingerprint density at radius 2 is 2.11 bits per heavy atom. The highest BCUT2D eigenvalue weighted by Crippen LogP contribution is 2.17. The SMILES string of the molecule is Cc1ccsc1C(=O)NC1CCN(C(C)C)CC1. The molecule has 1 aliphatic heterocycles. The molecule has 0 radical (unpaired) electrons. The van der Waals surface area contributed by atoms with E-state index in [-0.39, 0.29) is 5.91 Å². The van der Waals surface area contributed by atoms with Gasteiger partial charge in [-0.25, -0.2) is 0 Å². The lowest BCUT2D eigenvalue weighted by molar-refractivity contribution is 0.0904. The number of piperidine rings is 1. The zero-order chi connectivity index (χ0) is 13.1. The van der Waals surface area contributed by atoms with Crippen molar-refractivity contribution in [3.63, 3.8) is 0 Å². The van der Waals surface area contributed by atoms with Gasteiger partial charge < -0.3 is 10.2 Å². The molecular formula is C14H22N2OS. The minimum absolute atomic E-state index is 0.102. The van der Waals surface area contributed by atoms with Gasteiger partial charge in [0.2, 0.25) is 0 Å². The van der Waals surface area contributed by atoms with Crippen LogP contribution in [0, 0.1) is 6.92 Å². The summed E-state index contributed by atoms with van der Waals surface area (Å²) in [6, 6.07) is 2.95. The van der Waals surface area contributed by atoms with E-state index >= 15 is 0 Å². The highest BCUT2D eigenvalue weighted by molar-refractivity contribution is 7.12. The second kappa shape index (κ2) is 5.85. The van der Waals surface area contributed by atoms with E-state index in [4.69, 9.17) is 0 Å². The number of thiophene rings is 1. The lowest BCUT2D eigenvalue weighted by atomic mass is 10.0. The zero-order valence-corrected chi connectivity index (χ0v) is 12.2. The molecule has 0 atom stereocenters. The van der Waals surface area contributed by atoms with Crippen LogP contribution in [0.15, 0.2) is 11.4 Å². The minimum Gasteiger partial charge on any atom is -0.349 e. The molecule has 100 valence electrons. The molecule has 0 spiro atoms. The second-order valence-electron chi connectivity index (χ2n) is 5.31. The first-order valence-electron chi connectivity index (χ1n) is 6.67. The van der Waals surface area contributed by atoms with Crippen LogP contribution in [0.2, 0.25) is 0 Å². The Balaban J connectivity index is 1.85. The number of likely N-dealkylation sites (tertiary alicyclic amines) is 1. The Morgan fingerprint density at radius 1 is 1.44 bits per heavy atom. The fraction of sp³-hybridized carbons (Fsp3) is 0.643. The Hall–Kier alpha value is -0.870. The summed E-state index contributed by atoms with van der Waals surface area (Å²) in [7, 11) is 0. The molecule has 1 amide bonds. The molecule has 1 N–H and O–H groups in total. The topological polar surface area (TPSA) is 32.3 Å². The predicted octanol–water partition coefficient (Wildman–Crippen LogP) is 2.66. The predicted molar refractivity (Wildman–Crippen MR) is 76.3 cm³/mol. The van der Waals surface area contributed by atoms with Crippen molar-refractivity contribution in [3.8, 4) is 0 Å². The van der Waals surface area contributed by atoms with Crippen LogP contribution >= 0.6 is 11.3 Å². The quantitative estimate of drug-likeness (QED) is 0.912. The van der Waals surface area contributed by atoms with Crippen LogP contribution < -0.4 is 5.32 Å². The molecule has 4 heteroatoms. The smallest absolute Gasteiger partial charge is 0.261 e. The summed E-state index contributed by atoms with van der Waals surface area (Å²) in [6.45, 7) is 8.63. The van der Waals surface area contributed by atoms with Crippen molar-refractivity contribution < 1.29 is 4.79 Å². The van der Waals surface area contributed by atoms with Gasteiger partial charge in [0.05, 0.1) is 4.88 Å². The van der Waals surface area contributed by atoms with E-state index in [0.29, 0.717) is 12.1 Å². The minimum atomic E-state index is 0.102. The van der Waals surface area contributed by atoms with Crippen LogP contribution in [-0.2, 0) is 0 Å². The average molecular weight is 266 g/mol. The number of aryl methyl sites for hydroxylation is 1. The Morgan fingerprint density at radius 3 is 2.61 bits per heavy atom. The molecule has 0 bridgehead atoms. The van der Waals surface area contributed by atoms with E-state index in [1.807, 2.05) is 18.4 Å². The number of amides is 1. The first-order chi connectivity index (χ1) is 8.58. The van der Waals surface area contributed by atoms with Gasteiger partial charge in [0.1, 0.15) is 0 Å². The van der Waals surface area contributed by atoms with Crippen LogP contribution in [0.5, 0.6) is 0 Å². The van der Waals surface area contributed by atoms with Crippen molar-refractivity contribution in [1.29, 1.82) is 0 Å². The van der Waals surface area contributed by atoms with Gasteiger partial charge in [-0.05, 0) is 50.6 Å². The molecule has 3 nitrogen and oxygen atoms in total. The molecule has 1 aromatic heterocycles. The Bertz CT molecular complexity index is 406. The van der Waals surface area contributed by atoms with Crippen LogP contribution in [0.4, 0.5) is 0 Å². The van der Waals surface area contributed by atoms with Crippen molar-refractivity contribution >= 4 is 17.2 Å². The highest BCUT2D eigenvalue weighted by Gasteiger charge is 2.23. The number of carbonyl (C=O) groups excluding carboxylic acids is 1. The second-order valence-corrected chi connectivity index (χ2v) is 6.23. The van der Waals surface area contributed by atoms with Gasteiger partial charge in [-0.3, -0.25) is 4.79 Å². The summed E-state index contributed by atoms with van der Waals surface area (Å²) in [5.74, 6) is 0.102. The van der Waals surface area contributed by atoms with Gasteiger partial charge in [0.15, 0.2) is 0 Å². The third kappa shape index (κ3) is 3.12. The highest BCUT2D eigenvalue weighted by atomic mass is 32.1. The van der Waals surface area contributed by atoms with Crippen molar-refractivity contribution in [3.05, 3.63) is 21.9 Å². The first-order valence-corrected chi connectivity index (χ1v) is 7.55. The van der Waals surface area contributed by atoms with Gasteiger partial charge in [0.25, 0.3) is 5.91 Å². The summed E-state index contributed by atoms with van der Waals surface area (Å²) < 4.78 is 0. The molecule has 1 aliphatic rings. The number of rotatable bonds is 3. The van der Waals surface area contributed by atoms with Gasteiger partial charge in [0, 0.05) is 25.2 Å². The number of carbonyl (C=O) groups is 1. The molecule has 1 fully saturated rings. The standard InChI is InChI=1S/C14H22N2OS/c1-10(2)16-7-4-12(5-8-16)15-14(17)13-11(3)6-9-18-13/h6,9-10,12H,4-5,7-8H2,1-3H3,(H,15,17). The summed E-state index contributed by atoms with van der Waals surface area (Å²) >= 11 is 1.53. The molecule has 0 unspecified atom stereocenters. The van der Waals surface area contributed by atoms with E-state index in [0.717, 1.165) is 36.4 Å². The van der Waals surface area contributed by atoms with E-state index in [1.165, 1.54) is 11.3 Å². The summed E-state index contributed by atoms with van der Waals surface area (Å²) in [6.07, 6.45) is 2.13. The Labute approximate surface area is 113 Å². The molecule has 0 saturated carbocycles. The number of nitrogens with zero attached hydrogens (tertiary/aromatic N) is 1. The van der Waals surface area contributed by atoms with E-state index < -0.39 is 0 Å². The van der Waals surface area contributed by atoms with E-state index in [1.54, 1.807) is 0 Å². The first kappa shape index (κ1) is 13.6. The fourth-order valence-electron chi connectivity index (χ4n) is 2.42. The number of nitrogens with one attached hydrogen (secondary N) is 1. The molecule has 0 aromatic carbocycles. The van der Waals surface area contributed by atoms with Crippen molar-refractivity contribution in [2.45, 2.75) is 45.7 Å². The molecule has 2 heterocycles. The molecule has 2 rings (SSSR count). The molecule has 0 aliphatic carbocycles. The lowest BCUT2D eigenvalue weighted by Crippen LogP contribution is -2.46. The maximum atomic E-state index is 12.1. The third-order valence-corrected chi connectivity index (χ3v) is 4.68. The summed E-state index contributed by atoms with van der Waals surface area (Å²) in [5, 5.41) is 5.14. The molecule has 1 aromatic rings. The molecule has 18 heavy (non-hydrogen) atoms. The van der Waals surface area contributed by atoms with Crippen LogP contribution in [-0.4, -0.2) is 36.0 Å². The monoisotopic (exact) mass is 266 g/mol. The number of hydrogen-bond acceptors (Lipinski definition) is 3.